The van der Waals surface area contributed by atoms with Crippen molar-refractivity contribution in [3.63, 3.8) is 0 Å². The zero-order chi connectivity index (χ0) is 11.3. The number of hydrogen-bond acceptors (Lipinski definition) is 3. The van der Waals surface area contributed by atoms with Crippen molar-refractivity contribution in [2.75, 3.05) is 20.3 Å². The molecule has 1 rings (SSSR count). The normalized spacial score (nSPS) is 10.1. The zero-order valence-electron chi connectivity index (χ0n) is 8.13. The van der Waals surface area contributed by atoms with Gasteiger partial charge in [-0.15, -0.1) is 0 Å². The van der Waals surface area contributed by atoms with Crippen LogP contribution >= 0.6 is 23.2 Å². The van der Waals surface area contributed by atoms with E-state index >= 15 is 0 Å². The highest BCUT2D eigenvalue weighted by atomic mass is 35.5. The van der Waals surface area contributed by atoms with Crippen LogP contribution in [-0.2, 0) is 9.53 Å². The third-order valence-corrected chi connectivity index (χ3v) is 2.34. The molecule has 0 spiro atoms. The molecule has 0 bridgehead atoms. The SMILES string of the molecule is COCC(=O)COc1ccc(Cl)c(Cl)c1. The predicted molar refractivity (Wildman–Crippen MR) is 58.8 cm³/mol. The van der Waals surface area contributed by atoms with Gasteiger partial charge in [-0.05, 0) is 12.1 Å². The fourth-order valence-electron chi connectivity index (χ4n) is 0.933. The maximum atomic E-state index is 11.1. The van der Waals surface area contributed by atoms with Crippen molar-refractivity contribution >= 4 is 29.0 Å². The molecule has 0 aliphatic rings. The van der Waals surface area contributed by atoms with Crippen LogP contribution in [0.25, 0.3) is 0 Å². The first-order valence-electron chi connectivity index (χ1n) is 4.22. The van der Waals surface area contributed by atoms with Gasteiger partial charge in [0.2, 0.25) is 0 Å². The summed E-state index contributed by atoms with van der Waals surface area (Å²) in [6.45, 7) is 0.00707. The molecule has 0 aromatic heterocycles. The van der Waals surface area contributed by atoms with Crippen molar-refractivity contribution in [3.8, 4) is 5.75 Å². The smallest absolute Gasteiger partial charge is 0.195 e. The van der Waals surface area contributed by atoms with E-state index in [0.717, 1.165) is 0 Å². The van der Waals surface area contributed by atoms with Crippen LogP contribution in [0.15, 0.2) is 18.2 Å². The third-order valence-electron chi connectivity index (χ3n) is 1.60. The molecule has 0 atom stereocenters. The third kappa shape index (κ3) is 4.08. The molecular formula is C10H10Cl2O3. The van der Waals surface area contributed by atoms with E-state index in [1.165, 1.54) is 7.11 Å². The van der Waals surface area contributed by atoms with Crippen LogP contribution in [0.3, 0.4) is 0 Å². The van der Waals surface area contributed by atoms with Gasteiger partial charge in [-0.2, -0.15) is 0 Å². The Morgan fingerprint density at radius 2 is 2.00 bits per heavy atom. The highest BCUT2D eigenvalue weighted by Gasteiger charge is 2.04. The van der Waals surface area contributed by atoms with Gasteiger partial charge in [-0.25, -0.2) is 0 Å². The number of ether oxygens (including phenoxy) is 2. The average Bonchev–Trinajstić information content (AvgIpc) is 2.20. The molecule has 0 fully saturated rings. The maximum Gasteiger partial charge on any atom is 0.195 e. The lowest BCUT2D eigenvalue weighted by atomic mass is 10.3. The lowest BCUT2D eigenvalue weighted by molar-refractivity contribution is -0.124. The summed E-state index contributed by atoms with van der Waals surface area (Å²) in [6.07, 6.45) is 0. The highest BCUT2D eigenvalue weighted by Crippen LogP contribution is 2.26. The number of hydrogen-bond donors (Lipinski definition) is 0. The van der Waals surface area contributed by atoms with E-state index in [1.54, 1.807) is 18.2 Å². The Balaban J connectivity index is 2.51. The maximum absolute atomic E-state index is 11.1. The molecule has 15 heavy (non-hydrogen) atoms. The van der Waals surface area contributed by atoms with E-state index in [4.69, 9.17) is 27.9 Å². The number of carbonyl (C=O) groups is 1. The van der Waals surface area contributed by atoms with Gasteiger partial charge in [0, 0.05) is 13.2 Å². The molecule has 0 N–H and O–H groups in total. The van der Waals surface area contributed by atoms with E-state index < -0.39 is 0 Å². The summed E-state index contributed by atoms with van der Waals surface area (Å²) < 4.78 is 9.84. The fourth-order valence-corrected chi connectivity index (χ4v) is 1.22. The molecule has 1 aromatic rings. The lowest BCUT2D eigenvalue weighted by Gasteiger charge is -2.05. The molecule has 0 saturated carbocycles. The second-order valence-electron chi connectivity index (χ2n) is 2.84. The van der Waals surface area contributed by atoms with Crippen molar-refractivity contribution in [1.29, 1.82) is 0 Å². The van der Waals surface area contributed by atoms with E-state index in [0.29, 0.717) is 15.8 Å². The standard InChI is InChI=1S/C10H10Cl2O3/c1-14-5-7(13)6-15-8-2-3-9(11)10(12)4-8/h2-4H,5-6H2,1H3. The molecule has 82 valence electrons. The molecule has 0 aliphatic carbocycles. The van der Waals surface area contributed by atoms with E-state index in [1.807, 2.05) is 0 Å². The van der Waals surface area contributed by atoms with Crippen molar-refractivity contribution in [1.82, 2.24) is 0 Å². The minimum Gasteiger partial charge on any atom is -0.486 e. The van der Waals surface area contributed by atoms with Crippen LogP contribution in [0.5, 0.6) is 5.75 Å². The van der Waals surface area contributed by atoms with Crippen molar-refractivity contribution in [2.45, 2.75) is 0 Å². The Morgan fingerprint density at radius 1 is 1.27 bits per heavy atom. The van der Waals surface area contributed by atoms with Crippen molar-refractivity contribution < 1.29 is 14.3 Å². The first-order valence-corrected chi connectivity index (χ1v) is 4.97. The number of halogens is 2. The van der Waals surface area contributed by atoms with Gasteiger partial charge in [0.1, 0.15) is 19.0 Å². The van der Waals surface area contributed by atoms with Gasteiger partial charge in [0.15, 0.2) is 5.78 Å². The number of methoxy groups -OCH3 is 1. The van der Waals surface area contributed by atoms with Crippen LogP contribution in [0, 0.1) is 0 Å². The van der Waals surface area contributed by atoms with Gasteiger partial charge >= 0.3 is 0 Å². The average molecular weight is 249 g/mol. The summed E-state index contributed by atoms with van der Waals surface area (Å²) in [5.41, 5.74) is 0. The lowest BCUT2D eigenvalue weighted by Crippen LogP contribution is -2.16. The fraction of sp³-hybridized carbons (Fsp3) is 0.300. The first kappa shape index (κ1) is 12.3. The van der Waals surface area contributed by atoms with Gasteiger partial charge in [0.25, 0.3) is 0 Å². The van der Waals surface area contributed by atoms with Gasteiger partial charge < -0.3 is 9.47 Å². The van der Waals surface area contributed by atoms with Crippen LogP contribution in [-0.4, -0.2) is 26.1 Å². The molecule has 0 saturated heterocycles. The summed E-state index contributed by atoms with van der Waals surface area (Å²) in [7, 11) is 1.46. The summed E-state index contributed by atoms with van der Waals surface area (Å²) in [5, 5.41) is 0.848. The Kier molecular flexibility index (Phi) is 4.88. The minimum absolute atomic E-state index is 0.0359. The molecule has 0 amide bonds. The molecule has 0 heterocycles. The largest absolute Gasteiger partial charge is 0.486 e. The molecular weight excluding hydrogens is 239 g/mol. The second kappa shape index (κ2) is 5.95. The molecule has 5 heteroatoms. The monoisotopic (exact) mass is 248 g/mol. The summed E-state index contributed by atoms with van der Waals surface area (Å²) in [4.78, 5) is 11.1. The van der Waals surface area contributed by atoms with Gasteiger partial charge in [-0.1, -0.05) is 23.2 Å². The van der Waals surface area contributed by atoms with Gasteiger partial charge in [0.05, 0.1) is 10.0 Å². The van der Waals surface area contributed by atoms with Crippen LogP contribution < -0.4 is 4.74 Å². The topological polar surface area (TPSA) is 35.5 Å². The molecule has 1 aromatic carbocycles. The molecule has 3 nitrogen and oxygen atoms in total. The van der Waals surface area contributed by atoms with Crippen LogP contribution in [0.2, 0.25) is 10.0 Å². The summed E-state index contributed by atoms with van der Waals surface area (Å²) >= 11 is 11.5. The molecule has 0 radical (unpaired) electrons. The van der Waals surface area contributed by atoms with Crippen LogP contribution in [0.4, 0.5) is 0 Å². The quantitative estimate of drug-likeness (QED) is 0.804. The van der Waals surface area contributed by atoms with Crippen LogP contribution in [0.1, 0.15) is 0 Å². The molecule has 0 aliphatic heterocycles. The Labute approximate surface area is 97.9 Å². The van der Waals surface area contributed by atoms with Crippen molar-refractivity contribution in [2.24, 2.45) is 0 Å². The summed E-state index contributed by atoms with van der Waals surface area (Å²) in [6, 6.07) is 4.82. The Hall–Kier alpha value is -0.770. The Bertz CT molecular complexity index is 353. The molecule has 0 unspecified atom stereocenters. The van der Waals surface area contributed by atoms with Crippen molar-refractivity contribution in [3.05, 3.63) is 28.2 Å². The highest BCUT2D eigenvalue weighted by molar-refractivity contribution is 6.42. The minimum atomic E-state index is -0.136. The number of carbonyl (C=O) groups excluding carboxylic acids is 1. The summed E-state index contributed by atoms with van der Waals surface area (Å²) in [5.74, 6) is 0.373. The second-order valence-corrected chi connectivity index (χ2v) is 3.65. The number of ketones is 1. The Morgan fingerprint density at radius 3 is 2.60 bits per heavy atom. The number of benzene rings is 1. The first-order chi connectivity index (χ1) is 7.13. The number of rotatable bonds is 5. The van der Waals surface area contributed by atoms with E-state index in [-0.39, 0.29) is 19.0 Å². The zero-order valence-corrected chi connectivity index (χ0v) is 9.64. The van der Waals surface area contributed by atoms with Gasteiger partial charge in [-0.3, -0.25) is 4.79 Å². The predicted octanol–water partition coefficient (Wildman–Crippen LogP) is 2.59. The van der Waals surface area contributed by atoms with E-state index in [9.17, 15) is 4.79 Å². The van der Waals surface area contributed by atoms with E-state index in [2.05, 4.69) is 4.74 Å². The number of Topliss-reactive ketones (excluding diaryl/α,β-unsaturated/α-hetero) is 1.